The Morgan fingerprint density at radius 2 is 2.04 bits per heavy atom. The molecule has 1 aromatic heterocycles. The van der Waals surface area contributed by atoms with E-state index in [9.17, 15) is 0 Å². The minimum atomic E-state index is 0. The Bertz CT molecular complexity index is 489. The van der Waals surface area contributed by atoms with Crippen LogP contribution in [-0.4, -0.2) is 28.1 Å². The molecule has 1 aliphatic rings. The Morgan fingerprint density at radius 1 is 1.33 bits per heavy atom. The van der Waals surface area contributed by atoms with Crippen LogP contribution in [0, 0.1) is 11.8 Å². The first-order valence-electron chi connectivity index (χ1n) is 9.13. The van der Waals surface area contributed by atoms with Crippen molar-refractivity contribution in [1.29, 1.82) is 0 Å². The average Bonchev–Trinajstić information content (AvgIpc) is 2.94. The predicted octanol–water partition coefficient (Wildman–Crippen LogP) is 3.79. The van der Waals surface area contributed by atoms with Crippen LogP contribution in [0.1, 0.15) is 59.2 Å². The normalized spacial score (nSPS) is 21.5. The van der Waals surface area contributed by atoms with Gasteiger partial charge in [0.2, 0.25) is 0 Å². The first kappa shape index (κ1) is 21.3. The van der Waals surface area contributed by atoms with Crippen LogP contribution in [-0.2, 0) is 13.1 Å². The van der Waals surface area contributed by atoms with Gasteiger partial charge in [0.15, 0.2) is 5.96 Å². The second-order valence-electron chi connectivity index (χ2n) is 7.19. The third-order valence-corrected chi connectivity index (χ3v) is 4.44. The molecule has 5 nitrogen and oxygen atoms in total. The number of rotatable bonds is 6. The lowest BCUT2D eigenvalue weighted by Gasteiger charge is -2.28. The molecule has 0 bridgehead atoms. The van der Waals surface area contributed by atoms with Gasteiger partial charge in [0.1, 0.15) is 12.4 Å². The summed E-state index contributed by atoms with van der Waals surface area (Å²) in [6.07, 6.45) is 9.04. The van der Waals surface area contributed by atoms with E-state index < -0.39 is 0 Å². The summed E-state index contributed by atoms with van der Waals surface area (Å²) in [7, 11) is 0. The zero-order valence-electron chi connectivity index (χ0n) is 15.6. The van der Waals surface area contributed by atoms with Crippen molar-refractivity contribution in [3.8, 4) is 0 Å². The van der Waals surface area contributed by atoms with Crippen LogP contribution in [0.4, 0.5) is 0 Å². The second-order valence-corrected chi connectivity index (χ2v) is 7.19. The van der Waals surface area contributed by atoms with E-state index in [1.165, 1.54) is 25.7 Å². The Hall–Kier alpha value is -0.790. The lowest BCUT2D eigenvalue weighted by molar-refractivity contribution is 0.329. The maximum atomic E-state index is 4.75. The second kappa shape index (κ2) is 10.9. The third kappa shape index (κ3) is 6.99. The molecule has 1 saturated carbocycles. The summed E-state index contributed by atoms with van der Waals surface area (Å²) in [4.78, 5) is 9.21. The highest BCUT2D eigenvalue weighted by Crippen LogP contribution is 2.23. The van der Waals surface area contributed by atoms with Crippen molar-refractivity contribution < 1.29 is 0 Å². The molecule has 1 fully saturated rings. The van der Waals surface area contributed by atoms with Crippen molar-refractivity contribution >= 4 is 29.9 Å². The maximum Gasteiger partial charge on any atom is 0.191 e. The van der Waals surface area contributed by atoms with Gasteiger partial charge in [-0.2, -0.15) is 0 Å². The molecule has 6 heteroatoms. The largest absolute Gasteiger partial charge is 0.357 e. The van der Waals surface area contributed by atoms with E-state index in [1.807, 2.05) is 12.4 Å². The quantitative estimate of drug-likeness (QED) is 0.397. The van der Waals surface area contributed by atoms with Gasteiger partial charge in [-0.15, -0.1) is 24.0 Å². The highest BCUT2D eigenvalue weighted by atomic mass is 127. The van der Waals surface area contributed by atoms with Gasteiger partial charge in [0, 0.05) is 31.5 Å². The smallest absolute Gasteiger partial charge is 0.191 e. The zero-order valence-corrected chi connectivity index (χ0v) is 17.9. The molecule has 0 atom stereocenters. The van der Waals surface area contributed by atoms with E-state index in [1.54, 1.807) is 0 Å². The number of imidazole rings is 1. The standard InChI is InChI=1S/C18H33N5.HI/c1-5-19-18(22-16-8-6-15(4)7-9-16)21-12-17-20-10-11-23(17)13-14(2)3;/h10-11,14-16H,5-9,12-13H2,1-4H3,(H2,19,21,22);1H. The molecule has 0 saturated heterocycles. The molecule has 0 aliphatic heterocycles. The lowest BCUT2D eigenvalue weighted by atomic mass is 9.87. The van der Waals surface area contributed by atoms with Crippen molar-refractivity contribution in [3.63, 3.8) is 0 Å². The van der Waals surface area contributed by atoms with Crippen LogP contribution in [0.2, 0.25) is 0 Å². The van der Waals surface area contributed by atoms with Crippen LogP contribution in [0.3, 0.4) is 0 Å². The average molecular weight is 447 g/mol. The van der Waals surface area contributed by atoms with Crippen LogP contribution >= 0.6 is 24.0 Å². The third-order valence-electron chi connectivity index (χ3n) is 4.44. The van der Waals surface area contributed by atoms with Gasteiger partial charge in [0.05, 0.1) is 0 Å². The molecule has 138 valence electrons. The molecule has 0 amide bonds. The molecule has 0 spiro atoms. The first-order valence-corrected chi connectivity index (χ1v) is 9.13. The van der Waals surface area contributed by atoms with Gasteiger partial charge < -0.3 is 15.2 Å². The summed E-state index contributed by atoms with van der Waals surface area (Å²) in [5, 5.41) is 6.97. The molecule has 2 rings (SSSR count). The highest BCUT2D eigenvalue weighted by Gasteiger charge is 2.18. The van der Waals surface area contributed by atoms with Gasteiger partial charge in [-0.3, -0.25) is 0 Å². The molecule has 0 radical (unpaired) electrons. The van der Waals surface area contributed by atoms with E-state index in [0.717, 1.165) is 30.8 Å². The van der Waals surface area contributed by atoms with Gasteiger partial charge in [-0.25, -0.2) is 9.98 Å². The van der Waals surface area contributed by atoms with Crippen LogP contribution in [0.5, 0.6) is 0 Å². The fraction of sp³-hybridized carbons (Fsp3) is 0.778. The minimum Gasteiger partial charge on any atom is -0.357 e. The number of hydrogen-bond acceptors (Lipinski definition) is 2. The molecule has 0 aromatic carbocycles. The van der Waals surface area contributed by atoms with E-state index in [2.05, 4.69) is 47.9 Å². The molecule has 24 heavy (non-hydrogen) atoms. The van der Waals surface area contributed by atoms with Crippen molar-refractivity contribution in [1.82, 2.24) is 20.2 Å². The molecular formula is C18H34IN5. The fourth-order valence-corrected chi connectivity index (χ4v) is 3.12. The molecule has 2 N–H and O–H groups in total. The van der Waals surface area contributed by atoms with Gasteiger partial charge >= 0.3 is 0 Å². The molecule has 1 heterocycles. The van der Waals surface area contributed by atoms with E-state index in [0.29, 0.717) is 18.5 Å². The molecular weight excluding hydrogens is 413 g/mol. The number of guanidine groups is 1. The summed E-state index contributed by atoms with van der Waals surface area (Å²) in [5.41, 5.74) is 0. The molecule has 1 aliphatic carbocycles. The molecule has 1 aromatic rings. The van der Waals surface area contributed by atoms with E-state index in [-0.39, 0.29) is 24.0 Å². The maximum absolute atomic E-state index is 4.75. The Morgan fingerprint density at radius 3 is 2.67 bits per heavy atom. The number of hydrogen-bond donors (Lipinski definition) is 2. The van der Waals surface area contributed by atoms with Crippen LogP contribution < -0.4 is 10.6 Å². The number of nitrogens with zero attached hydrogens (tertiary/aromatic N) is 3. The van der Waals surface area contributed by atoms with Gasteiger partial charge in [-0.1, -0.05) is 20.8 Å². The summed E-state index contributed by atoms with van der Waals surface area (Å²) in [6, 6.07) is 0.555. The highest BCUT2D eigenvalue weighted by molar-refractivity contribution is 14.0. The number of aliphatic imine (C=N–C) groups is 1. The monoisotopic (exact) mass is 447 g/mol. The van der Waals surface area contributed by atoms with Crippen molar-refractivity contribution in [2.24, 2.45) is 16.8 Å². The summed E-state index contributed by atoms with van der Waals surface area (Å²) in [6.45, 7) is 11.4. The number of halogens is 1. The SMILES string of the molecule is CCNC(=NCc1nccn1CC(C)C)NC1CCC(C)CC1.I. The first-order chi connectivity index (χ1) is 11.1. The summed E-state index contributed by atoms with van der Waals surface area (Å²) in [5.74, 6) is 3.44. The zero-order chi connectivity index (χ0) is 16.7. The summed E-state index contributed by atoms with van der Waals surface area (Å²) >= 11 is 0. The van der Waals surface area contributed by atoms with Crippen LogP contribution in [0.15, 0.2) is 17.4 Å². The lowest BCUT2D eigenvalue weighted by Crippen LogP contribution is -2.44. The Kier molecular flexibility index (Phi) is 9.69. The number of nitrogens with one attached hydrogen (secondary N) is 2. The summed E-state index contributed by atoms with van der Waals surface area (Å²) < 4.78 is 2.21. The fourth-order valence-electron chi connectivity index (χ4n) is 3.12. The van der Waals surface area contributed by atoms with Gasteiger partial charge in [0.25, 0.3) is 0 Å². The van der Waals surface area contributed by atoms with Crippen molar-refractivity contribution in [2.75, 3.05) is 6.54 Å². The topological polar surface area (TPSA) is 54.2 Å². The minimum absolute atomic E-state index is 0. The van der Waals surface area contributed by atoms with Gasteiger partial charge in [-0.05, 0) is 44.4 Å². The van der Waals surface area contributed by atoms with E-state index in [4.69, 9.17) is 4.99 Å². The van der Waals surface area contributed by atoms with Crippen LogP contribution in [0.25, 0.3) is 0 Å². The molecule has 0 unspecified atom stereocenters. The van der Waals surface area contributed by atoms with Crippen molar-refractivity contribution in [2.45, 2.75) is 72.5 Å². The van der Waals surface area contributed by atoms with E-state index >= 15 is 0 Å². The van der Waals surface area contributed by atoms with Crippen molar-refractivity contribution in [3.05, 3.63) is 18.2 Å². The number of aromatic nitrogens is 2. The Balaban J connectivity index is 0.00000288. The Labute approximate surface area is 164 Å². The predicted molar refractivity (Wildman–Crippen MR) is 112 cm³/mol.